The average Bonchev–Trinajstić information content (AvgIpc) is 2.85. The molecule has 0 spiro atoms. The largest absolute Gasteiger partial charge is 0.465 e. The molecule has 0 aromatic heterocycles. The quantitative estimate of drug-likeness (QED) is 0.341. The molecular formula is C29H31ClFNO5. The topological polar surface area (TPSA) is 76.1 Å². The first-order valence-electron chi connectivity index (χ1n) is 11.9. The Kier molecular flexibility index (Phi) is 9.29. The molecule has 0 saturated carbocycles. The number of benzene rings is 3. The van der Waals surface area contributed by atoms with E-state index in [0.29, 0.717) is 34.7 Å². The van der Waals surface area contributed by atoms with Gasteiger partial charge in [0.05, 0.1) is 25.3 Å². The van der Waals surface area contributed by atoms with Crippen LogP contribution in [0.3, 0.4) is 0 Å². The summed E-state index contributed by atoms with van der Waals surface area (Å²) >= 11 is 6.05. The van der Waals surface area contributed by atoms with E-state index in [1.165, 1.54) is 24.1 Å². The highest BCUT2D eigenvalue weighted by molar-refractivity contribution is 6.30. The Balaban J connectivity index is 1.72. The van der Waals surface area contributed by atoms with Crippen molar-refractivity contribution >= 4 is 23.7 Å². The van der Waals surface area contributed by atoms with Crippen LogP contribution in [0.2, 0.25) is 5.02 Å². The van der Waals surface area contributed by atoms with Gasteiger partial charge < -0.3 is 19.5 Å². The molecule has 0 aliphatic carbocycles. The highest BCUT2D eigenvalue weighted by Crippen LogP contribution is 2.25. The molecule has 37 heavy (non-hydrogen) atoms. The van der Waals surface area contributed by atoms with Crippen LogP contribution in [-0.4, -0.2) is 47.9 Å². The van der Waals surface area contributed by atoms with Gasteiger partial charge in [-0.15, -0.1) is 0 Å². The zero-order valence-corrected chi connectivity index (χ0v) is 22.1. The first kappa shape index (κ1) is 28.2. The summed E-state index contributed by atoms with van der Waals surface area (Å²) < 4.78 is 24.8. The molecule has 0 saturated heterocycles. The highest BCUT2D eigenvalue weighted by Gasteiger charge is 2.24. The van der Waals surface area contributed by atoms with Crippen molar-refractivity contribution in [2.45, 2.75) is 38.9 Å². The lowest BCUT2D eigenvalue weighted by Gasteiger charge is -2.29. The number of carbonyl (C=O) groups excluding carboxylic acids is 2. The minimum atomic E-state index is -0.940. The average molecular weight is 528 g/mol. The number of esters is 1. The van der Waals surface area contributed by atoms with Crippen LogP contribution in [0.4, 0.5) is 9.18 Å². The van der Waals surface area contributed by atoms with Crippen molar-refractivity contribution in [3.8, 4) is 11.1 Å². The predicted octanol–water partition coefficient (Wildman–Crippen LogP) is 6.45. The molecule has 0 aliphatic rings. The van der Waals surface area contributed by atoms with Crippen LogP contribution in [0.5, 0.6) is 0 Å². The second-order valence-electron chi connectivity index (χ2n) is 9.63. The smallest absolute Gasteiger partial charge is 0.410 e. The van der Waals surface area contributed by atoms with Crippen LogP contribution in [-0.2, 0) is 15.9 Å². The second-order valence-corrected chi connectivity index (χ2v) is 10.1. The molecule has 3 aromatic rings. The van der Waals surface area contributed by atoms with E-state index in [2.05, 4.69) is 4.74 Å². The van der Waals surface area contributed by atoms with Gasteiger partial charge in [-0.25, -0.2) is 14.0 Å². The third-order valence-corrected chi connectivity index (χ3v) is 5.84. The number of hydrogen-bond acceptors (Lipinski definition) is 5. The maximum Gasteiger partial charge on any atom is 0.410 e. The lowest BCUT2D eigenvalue weighted by atomic mass is 10.0. The Morgan fingerprint density at radius 3 is 2.35 bits per heavy atom. The standard InChI is InChI=1S/C29H31ClFNO5/c1-29(2,3)37-28(35)32(18-26(33)21-6-5-7-23(30)16-21)15-14-19-8-10-20(11-9-19)24-13-12-22(17-25(24)31)27(34)36-4/h5-13,16-17,26,33H,14-15,18H2,1-4H3/t26-/m0/s1. The summed E-state index contributed by atoms with van der Waals surface area (Å²) in [4.78, 5) is 26.0. The fourth-order valence-electron chi connectivity index (χ4n) is 3.72. The fraction of sp³-hybridized carbons (Fsp3) is 0.310. The number of amides is 1. The molecule has 0 fully saturated rings. The maximum absolute atomic E-state index is 14.6. The Labute approximate surface area is 221 Å². The summed E-state index contributed by atoms with van der Waals surface area (Å²) in [5.74, 6) is -1.13. The van der Waals surface area contributed by atoms with Gasteiger partial charge in [0, 0.05) is 17.1 Å². The third-order valence-electron chi connectivity index (χ3n) is 5.60. The SMILES string of the molecule is COC(=O)c1ccc(-c2ccc(CCN(C[C@H](O)c3cccc(Cl)c3)C(=O)OC(C)(C)C)cc2)c(F)c1. The van der Waals surface area contributed by atoms with Crippen LogP contribution in [0.1, 0.15) is 48.4 Å². The van der Waals surface area contributed by atoms with Gasteiger partial charge in [-0.2, -0.15) is 0 Å². The number of ether oxygens (including phenoxy) is 2. The van der Waals surface area contributed by atoms with E-state index < -0.39 is 29.6 Å². The van der Waals surface area contributed by atoms with E-state index in [4.69, 9.17) is 16.3 Å². The molecule has 196 valence electrons. The molecule has 1 N–H and O–H groups in total. The first-order chi connectivity index (χ1) is 17.5. The lowest BCUT2D eigenvalue weighted by molar-refractivity contribution is 0.0147. The lowest BCUT2D eigenvalue weighted by Crippen LogP contribution is -2.40. The van der Waals surface area contributed by atoms with Gasteiger partial charge in [-0.05, 0) is 68.1 Å². The summed E-state index contributed by atoms with van der Waals surface area (Å²) in [6.45, 7) is 5.68. The zero-order valence-electron chi connectivity index (χ0n) is 21.3. The number of carbonyl (C=O) groups is 2. The van der Waals surface area contributed by atoms with Crippen molar-refractivity contribution in [1.29, 1.82) is 0 Å². The Morgan fingerprint density at radius 2 is 1.76 bits per heavy atom. The van der Waals surface area contributed by atoms with Crippen molar-refractivity contribution in [1.82, 2.24) is 4.90 Å². The van der Waals surface area contributed by atoms with Crippen molar-refractivity contribution in [3.05, 3.63) is 94.3 Å². The molecule has 1 amide bonds. The number of aliphatic hydroxyl groups excluding tert-OH is 1. The van der Waals surface area contributed by atoms with Gasteiger partial charge in [-0.1, -0.05) is 54.1 Å². The molecule has 3 aromatic carbocycles. The molecule has 0 bridgehead atoms. The summed E-state index contributed by atoms with van der Waals surface area (Å²) in [6, 6.07) is 18.3. The summed E-state index contributed by atoms with van der Waals surface area (Å²) in [5, 5.41) is 11.2. The number of halogens is 2. The summed E-state index contributed by atoms with van der Waals surface area (Å²) in [6.07, 6.45) is -0.978. The fourth-order valence-corrected chi connectivity index (χ4v) is 3.92. The molecule has 1 atom stereocenters. The first-order valence-corrected chi connectivity index (χ1v) is 12.2. The van der Waals surface area contributed by atoms with Crippen LogP contribution < -0.4 is 0 Å². The zero-order chi connectivity index (χ0) is 27.2. The highest BCUT2D eigenvalue weighted by atomic mass is 35.5. The third kappa shape index (κ3) is 8.03. The van der Waals surface area contributed by atoms with E-state index in [9.17, 15) is 19.1 Å². The number of aliphatic hydroxyl groups is 1. The molecule has 0 radical (unpaired) electrons. The van der Waals surface area contributed by atoms with E-state index >= 15 is 0 Å². The Morgan fingerprint density at radius 1 is 1.05 bits per heavy atom. The van der Waals surface area contributed by atoms with Crippen LogP contribution in [0.15, 0.2) is 66.7 Å². The van der Waals surface area contributed by atoms with E-state index in [-0.39, 0.29) is 12.1 Å². The molecule has 3 rings (SSSR count). The minimum Gasteiger partial charge on any atom is -0.465 e. The Bertz CT molecular complexity index is 1240. The molecule has 0 heterocycles. The van der Waals surface area contributed by atoms with Gasteiger partial charge in [0.2, 0.25) is 0 Å². The van der Waals surface area contributed by atoms with Crippen molar-refractivity contribution in [3.63, 3.8) is 0 Å². The van der Waals surface area contributed by atoms with Crippen molar-refractivity contribution < 1.29 is 28.6 Å². The molecule has 6 nitrogen and oxygen atoms in total. The normalized spacial score (nSPS) is 12.1. The van der Waals surface area contributed by atoms with Gasteiger partial charge in [0.1, 0.15) is 11.4 Å². The van der Waals surface area contributed by atoms with Crippen molar-refractivity contribution in [2.24, 2.45) is 0 Å². The predicted molar refractivity (Wildman–Crippen MR) is 141 cm³/mol. The second kappa shape index (κ2) is 12.2. The van der Waals surface area contributed by atoms with Gasteiger partial charge >= 0.3 is 12.1 Å². The number of nitrogens with zero attached hydrogens (tertiary/aromatic N) is 1. The monoisotopic (exact) mass is 527 g/mol. The molecule has 0 unspecified atom stereocenters. The van der Waals surface area contributed by atoms with Gasteiger partial charge in [0.15, 0.2) is 0 Å². The summed E-state index contributed by atoms with van der Waals surface area (Å²) in [5.41, 5.74) is 1.98. The van der Waals surface area contributed by atoms with E-state index in [0.717, 1.165) is 11.6 Å². The van der Waals surface area contributed by atoms with Crippen LogP contribution in [0.25, 0.3) is 11.1 Å². The van der Waals surface area contributed by atoms with Crippen LogP contribution in [0, 0.1) is 5.82 Å². The van der Waals surface area contributed by atoms with E-state index in [1.54, 1.807) is 57.2 Å². The summed E-state index contributed by atoms with van der Waals surface area (Å²) in [7, 11) is 1.24. The van der Waals surface area contributed by atoms with Gasteiger partial charge in [0.25, 0.3) is 0 Å². The molecular weight excluding hydrogens is 497 g/mol. The molecule has 8 heteroatoms. The van der Waals surface area contributed by atoms with Crippen LogP contribution >= 0.6 is 11.6 Å². The minimum absolute atomic E-state index is 0.0328. The maximum atomic E-state index is 14.6. The Hall–Kier alpha value is -3.42. The number of rotatable bonds is 8. The molecule has 0 aliphatic heterocycles. The number of hydrogen-bond donors (Lipinski definition) is 1. The van der Waals surface area contributed by atoms with Crippen molar-refractivity contribution in [2.75, 3.05) is 20.2 Å². The van der Waals surface area contributed by atoms with E-state index in [1.807, 2.05) is 12.1 Å². The number of methoxy groups -OCH3 is 1. The van der Waals surface area contributed by atoms with Gasteiger partial charge in [-0.3, -0.25) is 0 Å².